The van der Waals surface area contributed by atoms with Crippen LogP contribution in [-0.2, 0) is 11.8 Å². The van der Waals surface area contributed by atoms with Crippen molar-refractivity contribution in [3.63, 3.8) is 0 Å². The van der Waals surface area contributed by atoms with Crippen LogP contribution in [0.5, 0.6) is 0 Å². The third kappa shape index (κ3) is 1.63. The van der Waals surface area contributed by atoms with Gasteiger partial charge in [-0.05, 0) is 12.5 Å². The van der Waals surface area contributed by atoms with E-state index < -0.39 is 5.97 Å². The molecular weight excluding hydrogens is 194 g/mol. The number of carboxylic acid groups (broad SMARTS) is 1. The Bertz CT molecular complexity index is 367. The third-order valence-corrected chi connectivity index (χ3v) is 3.06. The van der Waals surface area contributed by atoms with E-state index in [1.165, 1.54) is 0 Å². The summed E-state index contributed by atoms with van der Waals surface area (Å²) in [5.74, 6) is -1.03. The predicted octanol–water partition coefficient (Wildman–Crippen LogP) is 0.116. The number of aromatic nitrogens is 2. The summed E-state index contributed by atoms with van der Waals surface area (Å²) in [6, 6.07) is 0. The Kier molecular flexibility index (Phi) is 2.48. The maximum atomic E-state index is 11.1. The number of hydrogen-bond acceptors (Lipinski definition) is 3. The lowest BCUT2D eigenvalue weighted by Gasteiger charge is -2.16. The van der Waals surface area contributed by atoms with Crippen LogP contribution in [0.2, 0.25) is 0 Å². The number of aliphatic carboxylic acids is 1. The van der Waals surface area contributed by atoms with Gasteiger partial charge >= 0.3 is 5.97 Å². The average Bonchev–Trinajstić information content (AvgIpc) is 2.73. The highest BCUT2D eigenvalue weighted by atomic mass is 16.4. The van der Waals surface area contributed by atoms with E-state index in [2.05, 4.69) is 10.4 Å². The van der Waals surface area contributed by atoms with Crippen molar-refractivity contribution >= 4 is 5.97 Å². The van der Waals surface area contributed by atoms with Crippen LogP contribution in [0.25, 0.3) is 0 Å². The van der Waals surface area contributed by atoms with Crippen molar-refractivity contribution in [1.82, 2.24) is 15.1 Å². The Morgan fingerprint density at radius 3 is 2.93 bits per heavy atom. The van der Waals surface area contributed by atoms with Gasteiger partial charge in [-0.15, -0.1) is 0 Å². The lowest BCUT2D eigenvalue weighted by atomic mass is 9.91. The smallest absolute Gasteiger partial charge is 0.308 e. The Labute approximate surface area is 88.1 Å². The molecule has 0 saturated carbocycles. The molecular formula is C10H15N3O2. The summed E-state index contributed by atoms with van der Waals surface area (Å²) < 4.78 is 1.78. The van der Waals surface area contributed by atoms with Crippen LogP contribution < -0.4 is 5.32 Å². The molecule has 2 N–H and O–H groups in total. The first-order chi connectivity index (χ1) is 7.11. The minimum Gasteiger partial charge on any atom is -0.481 e. The summed E-state index contributed by atoms with van der Waals surface area (Å²) in [4.78, 5) is 11.1. The molecule has 2 unspecified atom stereocenters. The molecule has 0 amide bonds. The van der Waals surface area contributed by atoms with Crippen LogP contribution in [0, 0.1) is 12.8 Å². The molecule has 1 aromatic rings. The SMILES string of the molecule is Cc1cnn(C)c1C1CNCC1C(=O)O. The average molecular weight is 209 g/mol. The lowest BCUT2D eigenvalue weighted by Crippen LogP contribution is -2.23. The summed E-state index contributed by atoms with van der Waals surface area (Å²) >= 11 is 0. The van der Waals surface area contributed by atoms with Crippen LogP contribution in [0.1, 0.15) is 17.2 Å². The first kappa shape index (κ1) is 10.2. The van der Waals surface area contributed by atoms with Gasteiger partial charge in [0, 0.05) is 31.7 Å². The van der Waals surface area contributed by atoms with Gasteiger partial charge in [0.15, 0.2) is 0 Å². The molecule has 2 atom stereocenters. The van der Waals surface area contributed by atoms with E-state index in [-0.39, 0.29) is 11.8 Å². The monoisotopic (exact) mass is 209 g/mol. The van der Waals surface area contributed by atoms with E-state index in [0.717, 1.165) is 17.8 Å². The molecule has 2 rings (SSSR count). The Hall–Kier alpha value is -1.36. The van der Waals surface area contributed by atoms with Crippen LogP contribution in [0.3, 0.4) is 0 Å². The van der Waals surface area contributed by atoms with Gasteiger partial charge in [-0.3, -0.25) is 9.48 Å². The van der Waals surface area contributed by atoms with Gasteiger partial charge in [0.2, 0.25) is 0 Å². The highest BCUT2D eigenvalue weighted by molar-refractivity contribution is 5.72. The van der Waals surface area contributed by atoms with Gasteiger partial charge in [-0.25, -0.2) is 0 Å². The van der Waals surface area contributed by atoms with Crippen LogP contribution in [-0.4, -0.2) is 33.9 Å². The normalized spacial score (nSPS) is 25.7. The second-order valence-corrected chi connectivity index (χ2v) is 4.05. The molecule has 5 nitrogen and oxygen atoms in total. The molecule has 1 aliphatic rings. The first-order valence-electron chi connectivity index (χ1n) is 5.03. The van der Waals surface area contributed by atoms with Gasteiger partial charge in [0.1, 0.15) is 0 Å². The summed E-state index contributed by atoms with van der Waals surface area (Å²) in [5, 5.41) is 16.4. The van der Waals surface area contributed by atoms with Crippen LogP contribution in [0.15, 0.2) is 6.20 Å². The molecule has 15 heavy (non-hydrogen) atoms. The summed E-state index contributed by atoms with van der Waals surface area (Å²) in [5.41, 5.74) is 2.10. The molecule has 5 heteroatoms. The van der Waals surface area contributed by atoms with Gasteiger partial charge in [-0.1, -0.05) is 0 Å². The minimum atomic E-state index is -0.731. The highest BCUT2D eigenvalue weighted by Gasteiger charge is 2.36. The van der Waals surface area contributed by atoms with Gasteiger partial charge in [0.05, 0.1) is 12.1 Å². The number of nitrogens with zero attached hydrogens (tertiary/aromatic N) is 2. The standard InChI is InChI=1S/C10H15N3O2/c1-6-3-12-13(2)9(6)7-4-11-5-8(7)10(14)15/h3,7-8,11H,4-5H2,1-2H3,(H,14,15). The second kappa shape index (κ2) is 3.66. The molecule has 0 radical (unpaired) electrons. The van der Waals surface area contributed by atoms with Crippen molar-refractivity contribution in [1.29, 1.82) is 0 Å². The number of aryl methyl sites for hydroxylation is 2. The van der Waals surface area contributed by atoms with E-state index in [9.17, 15) is 4.79 Å². The maximum Gasteiger partial charge on any atom is 0.308 e. The molecule has 0 bridgehead atoms. The fourth-order valence-corrected chi connectivity index (χ4v) is 2.31. The number of carboxylic acids is 1. The van der Waals surface area contributed by atoms with Crippen LogP contribution in [0.4, 0.5) is 0 Å². The summed E-state index contributed by atoms with van der Waals surface area (Å²) in [6.45, 7) is 3.24. The van der Waals surface area contributed by atoms with E-state index in [4.69, 9.17) is 5.11 Å². The molecule has 1 aromatic heterocycles. The molecule has 82 valence electrons. The van der Waals surface area contributed by atoms with E-state index in [1.807, 2.05) is 14.0 Å². The number of nitrogens with one attached hydrogen (secondary N) is 1. The van der Waals surface area contributed by atoms with Gasteiger partial charge in [-0.2, -0.15) is 5.10 Å². The zero-order chi connectivity index (χ0) is 11.0. The van der Waals surface area contributed by atoms with Gasteiger partial charge < -0.3 is 10.4 Å². The van der Waals surface area contributed by atoms with Crippen LogP contribution >= 0.6 is 0 Å². The highest BCUT2D eigenvalue weighted by Crippen LogP contribution is 2.29. The van der Waals surface area contributed by atoms with Crippen molar-refractivity contribution in [2.75, 3.05) is 13.1 Å². The van der Waals surface area contributed by atoms with Gasteiger partial charge in [0.25, 0.3) is 0 Å². The zero-order valence-corrected chi connectivity index (χ0v) is 8.90. The second-order valence-electron chi connectivity index (χ2n) is 4.05. The lowest BCUT2D eigenvalue weighted by molar-refractivity contribution is -0.141. The Balaban J connectivity index is 2.34. The fourth-order valence-electron chi connectivity index (χ4n) is 2.31. The molecule has 1 saturated heterocycles. The molecule has 2 heterocycles. The van der Waals surface area contributed by atoms with Crippen molar-refractivity contribution in [2.45, 2.75) is 12.8 Å². The maximum absolute atomic E-state index is 11.1. The molecule has 0 spiro atoms. The predicted molar refractivity (Wildman–Crippen MR) is 54.7 cm³/mol. The first-order valence-corrected chi connectivity index (χ1v) is 5.03. The van der Waals surface area contributed by atoms with E-state index in [0.29, 0.717) is 6.54 Å². The largest absolute Gasteiger partial charge is 0.481 e. The van der Waals surface area contributed by atoms with Crippen molar-refractivity contribution in [3.8, 4) is 0 Å². The molecule has 1 fully saturated rings. The quantitative estimate of drug-likeness (QED) is 0.725. The van der Waals surface area contributed by atoms with E-state index >= 15 is 0 Å². The van der Waals surface area contributed by atoms with E-state index in [1.54, 1.807) is 10.9 Å². The Morgan fingerprint density at radius 2 is 2.40 bits per heavy atom. The number of hydrogen-bond donors (Lipinski definition) is 2. The van der Waals surface area contributed by atoms with Crippen molar-refractivity contribution in [2.24, 2.45) is 13.0 Å². The summed E-state index contributed by atoms with van der Waals surface area (Å²) in [7, 11) is 1.86. The zero-order valence-electron chi connectivity index (χ0n) is 8.90. The Morgan fingerprint density at radius 1 is 1.67 bits per heavy atom. The third-order valence-electron chi connectivity index (χ3n) is 3.06. The van der Waals surface area contributed by atoms with Crippen molar-refractivity contribution < 1.29 is 9.90 Å². The van der Waals surface area contributed by atoms with Crippen molar-refractivity contribution in [3.05, 3.63) is 17.5 Å². The number of carbonyl (C=O) groups is 1. The summed E-state index contributed by atoms with van der Waals surface area (Å²) in [6.07, 6.45) is 1.78. The molecule has 1 aliphatic heterocycles. The molecule has 0 aliphatic carbocycles. The molecule has 0 aromatic carbocycles. The minimum absolute atomic E-state index is 0.0370. The number of rotatable bonds is 2. The topological polar surface area (TPSA) is 67.2 Å². The fraction of sp³-hybridized carbons (Fsp3) is 0.600.